The Morgan fingerprint density at radius 2 is 1.39 bits per heavy atom. The first-order valence-corrected chi connectivity index (χ1v) is 7.76. The molecule has 0 saturated heterocycles. The summed E-state index contributed by atoms with van der Waals surface area (Å²) < 4.78 is 0. The number of imidazole rings is 1. The molecular formula is C16H30N2. The van der Waals surface area contributed by atoms with Crippen molar-refractivity contribution in [3.05, 3.63) is 17.2 Å². The van der Waals surface area contributed by atoms with Crippen molar-refractivity contribution >= 4 is 0 Å². The van der Waals surface area contributed by atoms with E-state index >= 15 is 0 Å². The van der Waals surface area contributed by atoms with Gasteiger partial charge in [-0.25, -0.2) is 4.98 Å². The first-order valence-electron chi connectivity index (χ1n) is 7.76. The van der Waals surface area contributed by atoms with Crippen LogP contribution in [-0.2, 0) is 6.42 Å². The third-order valence-electron chi connectivity index (χ3n) is 3.69. The average Bonchev–Trinajstić information content (AvgIpc) is 2.67. The molecule has 0 aromatic carbocycles. The molecule has 1 heterocycles. The Hall–Kier alpha value is -0.790. The summed E-state index contributed by atoms with van der Waals surface area (Å²) in [4.78, 5) is 7.88. The smallest absolute Gasteiger partial charge is 0.106 e. The third-order valence-corrected chi connectivity index (χ3v) is 3.69. The second-order valence-corrected chi connectivity index (χ2v) is 5.47. The summed E-state index contributed by atoms with van der Waals surface area (Å²) in [7, 11) is 0. The van der Waals surface area contributed by atoms with Crippen LogP contribution in [0.1, 0.15) is 81.9 Å². The van der Waals surface area contributed by atoms with Crippen LogP contribution in [0.2, 0.25) is 0 Å². The van der Waals surface area contributed by atoms with Gasteiger partial charge in [0.05, 0.1) is 5.69 Å². The largest absolute Gasteiger partial charge is 0.346 e. The number of hydrogen-bond donors (Lipinski definition) is 1. The number of H-pyrrole nitrogens is 1. The number of aromatic amines is 1. The number of hydrogen-bond acceptors (Lipinski definition) is 1. The van der Waals surface area contributed by atoms with Gasteiger partial charge in [-0.05, 0) is 20.3 Å². The van der Waals surface area contributed by atoms with Gasteiger partial charge in [-0.3, -0.25) is 0 Å². The average molecular weight is 250 g/mol. The SMILES string of the molecule is CCCCCCCCCCCc1nc(C)c(C)[nH]1. The van der Waals surface area contributed by atoms with Gasteiger partial charge in [-0.2, -0.15) is 0 Å². The van der Waals surface area contributed by atoms with E-state index in [1.807, 2.05) is 0 Å². The number of aromatic nitrogens is 2. The van der Waals surface area contributed by atoms with E-state index in [1.165, 1.54) is 69.3 Å². The standard InChI is InChI=1S/C16H30N2/c1-4-5-6-7-8-9-10-11-12-13-16-17-14(2)15(3)18-16/h4-13H2,1-3H3,(H,17,18). The van der Waals surface area contributed by atoms with Gasteiger partial charge in [0.25, 0.3) is 0 Å². The lowest BCUT2D eigenvalue weighted by atomic mass is 10.1. The van der Waals surface area contributed by atoms with Gasteiger partial charge < -0.3 is 4.98 Å². The second kappa shape index (κ2) is 9.18. The number of unbranched alkanes of at least 4 members (excludes halogenated alkanes) is 8. The molecule has 2 nitrogen and oxygen atoms in total. The predicted octanol–water partition coefficient (Wildman–Crippen LogP) is 5.10. The highest BCUT2D eigenvalue weighted by molar-refractivity contribution is 5.10. The Kier molecular flexibility index (Phi) is 7.79. The number of rotatable bonds is 10. The topological polar surface area (TPSA) is 28.7 Å². The summed E-state index contributed by atoms with van der Waals surface area (Å²) in [6, 6.07) is 0. The van der Waals surface area contributed by atoms with Gasteiger partial charge in [0.2, 0.25) is 0 Å². The van der Waals surface area contributed by atoms with Crippen molar-refractivity contribution in [1.29, 1.82) is 0 Å². The molecule has 104 valence electrons. The summed E-state index contributed by atoms with van der Waals surface area (Å²) in [5, 5.41) is 0. The van der Waals surface area contributed by atoms with Gasteiger partial charge in [0, 0.05) is 12.1 Å². The maximum absolute atomic E-state index is 4.52. The number of nitrogens with zero attached hydrogens (tertiary/aromatic N) is 1. The van der Waals surface area contributed by atoms with Crippen LogP contribution < -0.4 is 0 Å². The van der Waals surface area contributed by atoms with Crippen molar-refractivity contribution in [3.63, 3.8) is 0 Å². The Morgan fingerprint density at radius 1 is 0.833 bits per heavy atom. The maximum Gasteiger partial charge on any atom is 0.106 e. The van der Waals surface area contributed by atoms with Crippen molar-refractivity contribution in [1.82, 2.24) is 9.97 Å². The van der Waals surface area contributed by atoms with Gasteiger partial charge in [0.1, 0.15) is 5.82 Å². The Morgan fingerprint density at radius 3 is 1.89 bits per heavy atom. The molecule has 0 aliphatic heterocycles. The molecule has 0 aliphatic rings. The molecule has 0 saturated carbocycles. The fraction of sp³-hybridized carbons (Fsp3) is 0.812. The molecule has 1 aromatic rings. The minimum absolute atomic E-state index is 1.12. The molecule has 1 rings (SSSR count). The fourth-order valence-corrected chi connectivity index (χ4v) is 2.34. The first kappa shape index (κ1) is 15.3. The lowest BCUT2D eigenvalue weighted by Gasteiger charge is -2.01. The lowest BCUT2D eigenvalue weighted by molar-refractivity contribution is 0.562. The quantitative estimate of drug-likeness (QED) is 0.575. The molecule has 0 bridgehead atoms. The zero-order valence-electron chi connectivity index (χ0n) is 12.5. The molecule has 0 radical (unpaired) electrons. The lowest BCUT2D eigenvalue weighted by Crippen LogP contribution is -1.89. The molecule has 0 amide bonds. The van der Waals surface area contributed by atoms with Crippen LogP contribution in [0, 0.1) is 13.8 Å². The van der Waals surface area contributed by atoms with Crippen LogP contribution in [0.3, 0.4) is 0 Å². The minimum Gasteiger partial charge on any atom is -0.346 e. The molecule has 0 unspecified atom stereocenters. The van der Waals surface area contributed by atoms with Crippen molar-refractivity contribution in [2.75, 3.05) is 0 Å². The zero-order chi connectivity index (χ0) is 13.2. The van der Waals surface area contributed by atoms with Crippen molar-refractivity contribution in [3.8, 4) is 0 Å². The molecule has 2 heteroatoms. The van der Waals surface area contributed by atoms with Crippen LogP contribution in [-0.4, -0.2) is 9.97 Å². The summed E-state index contributed by atoms with van der Waals surface area (Å²) in [5.74, 6) is 1.17. The van der Waals surface area contributed by atoms with Crippen LogP contribution in [0.15, 0.2) is 0 Å². The van der Waals surface area contributed by atoms with E-state index in [9.17, 15) is 0 Å². The Labute approximate surface area is 113 Å². The Balaban J connectivity index is 1.92. The van der Waals surface area contributed by atoms with Gasteiger partial charge in [-0.15, -0.1) is 0 Å². The van der Waals surface area contributed by atoms with E-state index in [4.69, 9.17) is 0 Å². The summed E-state index contributed by atoms with van der Waals surface area (Å²) >= 11 is 0. The van der Waals surface area contributed by atoms with Gasteiger partial charge >= 0.3 is 0 Å². The summed E-state index contributed by atoms with van der Waals surface area (Å²) in [6.07, 6.45) is 13.6. The molecule has 0 aliphatic carbocycles. The van der Waals surface area contributed by atoms with E-state index < -0.39 is 0 Å². The van der Waals surface area contributed by atoms with E-state index in [0.717, 1.165) is 12.1 Å². The van der Waals surface area contributed by atoms with E-state index in [0.29, 0.717) is 0 Å². The van der Waals surface area contributed by atoms with E-state index in [-0.39, 0.29) is 0 Å². The first-order chi connectivity index (χ1) is 8.74. The summed E-state index contributed by atoms with van der Waals surface area (Å²) in [5.41, 5.74) is 2.38. The van der Waals surface area contributed by atoms with Crippen LogP contribution in [0.5, 0.6) is 0 Å². The monoisotopic (exact) mass is 250 g/mol. The molecule has 1 N–H and O–H groups in total. The normalized spacial score (nSPS) is 11.1. The van der Waals surface area contributed by atoms with Gasteiger partial charge in [0.15, 0.2) is 0 Å². The van der Waals surface area contributed by atoms with E-state index in [1.54, 1.807) is 0 Å². The third kappa shape index (κ3) is 6.23. The molecular weight excluding hydrogens is 220 g/mol. The molecule has 0 spiro atoms. The number of aryl methyl sites for hydroxylation is 3. The molecule has 0 fully saturated rings. The highest BCUT2D eigenvalue weighted by atomic mass is 14.9. The Bertz CT molecular complexity index is 295. The maximum atomic E-state index is 4.52. The van der Waals surface area contributed by atoms with Crippen LogP contribution in [0.4, 0.5) is 0 Å². The van der Waals surface area contributed by atoms with Crippen molar-refractivity contribution < 1.29 is 0 Å². The fourth-order valence-electron chi connectivity index (χ4n) is 2.34. The second-order valence-electron chi connectivity index (χ2n) is 5.47. The summed E-state index contributed by atoms with van der Waals surface area (Å²) in [6.45, 7) is 6.45. The molecule has 0 atom stereocenters. The predicted molar refractivity (Wildman–Crippen MR) is 79.0 cm³/mol. The van der Waals surface area contributed by atoms with Crippen LogP contribution >= 0.6 is 0 Å². The molecule has 1 aromatic heterocycles. The highest BCUT2D eigenvalue weighted by Crippen LogP contribution is 2.11. The number of nitrogens with one attached hydrogen (secondary N) is 1. The van der Waals surface area contributed by atoms with Crippen molar-refractivity contribution in [2.24, 2.45) is 0 Å². The van der Waals surface area contributed by atoms with Crippen molar-refractivity contribution in [2.45, 2.75) is 85.0 Å². The molecule has 18 heavy (non-hydrogen) atoms. The van der Waals surface area contributed by atoms with Crippen LogP contribution in [0.25, 0.3) is 0 Å². The zero-order valence-corrected chi connectivity index (χ0v) is 12.5. The van der Waals surface area contributed by atoms with Gasteiger partial charge in [-0.1, -0.05) is 58.3 Å². The highest BCUT2D eigenvalue weighted by Gasteiger charge is 2.01. The van der Waals surface area contributed by atoms with E-state index in [2.05, 4.69) is 30.7 Å². The minimum atomic E-state index is 1.12.